The molecule has 0 saturated carbocycles. The topological polar surface area (TPSA) is 80.4 Å². The Morgan fingerprint density at radius 2 is 1.35 bits per heavy atom. The van der Waals surface area contributed by atoms with E-state index in [0.29, 0.717) is 0 Å². The molecule has 102 valence electrons. The summed E-state index contributed by atoms with van der Waals surface area (Å²) >= 11 is 0. The highest BCUT2D eigenvalue weighted by Crippen LogP contribution is 2.05. The van der Waals surface area contributed by atoms with Gasteiger partial charge < -0.3 is 10.8 Å². The molecule has 4 nitrogen and oxygen atoms in total. The van der Waals surface area contributed by atoms with Gasteiger partial charge in [-0.15, -0.1) is 0 Å². The van der Waals surface area contributed by atoms with Crippen molar-refractivity contribution in [3.8, 4) is 0 Å². The van der Waals surface area contributed by atoms with Gasteiger partial charge in [-0.3, -0.25) is 4.79 Å². The van der Waals surface area contributed by atoms with Crippen LogP contribution in [0.4, 0.5) is 4.79 Å². The summed E-state index contributed by atoms with van der Waals surface area (Å²) < 4.78 is 0. The average Bonchev–Trinajstić information content (AvgIpc) is 2.46. The first-order chi connectivity index (χ1) is 9.59. The number of hydrogen-bond donors (Lipinski definition) is 2. The Morgan fingerprint density at radius 1 is 0.900 bits per heavy atom. The molecule has 0 fully saturated rings. The molecule has 2 rings (SSSR count). The first kappa shape index (κ1) is 15.2. The molecule has 3 N–H and O–H groups in total. The highest BCUT2D eigenvalue weighted by molar-refractivity contribution is 6.06. The summed E-state index contributed by atoms with van der Waals surface area (Å²) in [6.45, 7) is 0. The Hall–Kier alpha value is -2.88. The van der Waals surface area contributed by atoms with Crippen molar-refractivity contribution >= 4 is 18.0 Å². The van der Waals surface area contributed by atoms with Crippen molar-refractivity contribution in [1.82, 2.24) is 0 Å². The third kappa shape index (κ3) is 6.16. The summed E-state index contributed by atoms with van der Waals surface area (Å²) in [4.78, 5) is 20.5. The summed E-state index contributed by atoms with van der Waals surface area (Å²) in [5.74, 6) is 0.0319. The van der Waals surface area contributed by atoms with Crippen LogP contribution in [0.1, 0.15) is 15.9 Å². The third-order valence-corrected chi connectivity index (χ3v) is 2.29. The molecular formula is C16H15NO3. The van der Waals surface area contributed by atoms with E-state index >= 15 is 0 Å². The molecular weight excluding hydrogens is 254 g/mol. The second kappa shape index (κ2) is 8.26. The van der Waals surface area contributed by atoms with Gasteiger partial charge in [0.1, 0.15) is 0 Å². The summed E-state index contributed by atoms with van der Waals surface area (Å²) in [5.41, 5.74) is 5.78. The molecule has 0 saturated heterocycles. The van der Waals surface area contributed by atoms with Crippen LogP contribution in [-0.4, -0.2) is 17.0 Å². The molecule has 0 heterocycles. The summed E-state index contributed by atoms with van der Waals surface area (Å²) in [5, 5.41) is 7.19. The number of rotatable bonds is 3. The second-order valence-electron chi connectivity index (χ2n) is 3.81. The van der Waals surface area contributed by atoms with Gasteiger partial charge in [-0.1, -0.05) is 66.7 Å². The molecule has 0 radical (unpaired) electrons. The number of benzene rings is 2. The van der Waals surface area contributed by atoms with Gasteiger partial charge in [-0.2, -0.15) is 0 Å². The van der Waals surface area contributed by atoms with E-state index in [1.165, 1.54) is 0 Å². The van der Waals surface area contributed by atoms with Crippen molar-refractivity contribution in [2.24, 2.45) is 5.73 Å². The molecule has 4 heteroatoms. The number of allylic oxidation sites excluding steroid dienone is 1. The quantitative estimate of drug-likeness (QED) is 0.663. The maximum Gasteiger partial charge on any atom is 0.402 e. The fourth-order valence-electron chi connectivity index (χ4n) is 1.43. The zero-order valence-corrected chi connectivity index (χ0v) is 10.8. The number of carbonyl (C=O) groups is 2. The molecule has 0 atom stereocenters. The maximum atomic E-state index is 11.7. The molecule has 20 heavy (non-hydrogen) atoms. The minimum Gasteiger partial charge on any atom is -0.465 e. The van der Waals surface area contributed by atoms with E-state index < -0.39 is 6.09 Å². The number of ketones is 1. The molecule has 1 amide bonds. The van der Waals surface area contributed by atoms with Crippen LogP contribution in [0.5, 0.6) is 0 Å². The minimum atomic E-state index is -1.33. The second-order valence-corrected chi connectivity index (χ2v) is 3.81. The van der Waals surface area contributed by atoms with Crippen LogP contribution in [-0.2, 0) is 0 Å². The van der Waals surface area contributed by atoms with Crippen LogP contribution in [0.25, 0.3) is 6.08 Å². The zero-order valence-electron chi connectivity index (χ0n) is 10.8. The van der Waals surface area contributed by atoms with E-state index in [-0.39, 0.29) is 5.78 Å². The molecule has 0 aliphatic heterocycles. The molecule has 0 aromatic heterocycles. The zero-order chi connectivity index (χ0) is 14.8. The van der Waals surface area contributed by atoms with Crippen molar-refractivity contribution in [2.75, 3.05) is 0 Å². The molecule has 0 spiro atoms. The van der Waals surface area contributed by atoms with Gasteiger partial charge in [0.25, 0.3) is 0 Å². The first-order valence-electron chi connectivity index (χ1n) is 5.90. The van der Waals surface area contributed by atoms with Gasteiger partial charge in [-0.25, -0.2) is 4.79 Å². The van der Waals surface area contributed by atoms with Gasteiger partial charge in [0.05, 0.1) is 0 Å². The van der Waals surface area contributed by atoms with Gasteiger partial charge in [0, 0.05) is 5.56 Å². The lowest BCUT2D eigenvalue weighted by Crippen LogP contribution is -2.03. The SMILES string of the molecule is NC(=O)O.O=C(/C=C/c1ccccc1)c1ccccc1. The predicted molar refractivity (Wildman–Crippen MR) is 78.5 cm³/mol. The predicted octanol–water partition coefficient (Wildman–Crippen LogP) is 3.21. The number of carboxylic acid groups (broad SMARTS) is 1. The highest BCUT2D eigenvalue weighted by atomic mass is 16.4. The van der Waals surface area contributed by atoms with Crippen molar-refractivity contribution in [1.29, 1.82) is 0 Å². The van der Waals surface area contributed by atoms with Crippen LogP contribution < -0.4 is 5.73 Å². The largest absolute Gasteiger partial charge is 0.465 e. The molecule has 2 aromatic carbocycles. The van der Waals surface area contributed by atoms with Crippen molar-refractivity contribution in [3.63, 3.8) is 0 Å². The van der Waals surface area contributed by atoms with E-state index in [2.05, 4.69) is 5.73 Å². The highest BCUT2D eigenvalue weighted by Gasteiger charge is 1.98. The average molecular weight is 269 g/mol. The van der Waals surface area contributed by atoms with Crippen LogP contribution in [0.2, 0.25) is 0 Å². The Morgan fingerprint density at radius 3 is 1.85 bits per heavy atom. The van der Waals surface area contributed by atoms with E-state index in [4.69, 9.17) is 9.90 Å². The standard InChI is InChI=1S/C15H12O.CH3NO2/c16-15(14-9-5-2-6-10-14)12-11-13-7-3-1-4-8-13;2-1(3)4/h1-12H;2H2,(H,3,4)/b12-11+;. The van der Waals surface area contributed by atoms with E-state index in [0.717, 1.165) is 11.1 Å². The number of amides is 1. The van der Waals surface area contributed by atoms with Gasteiger partial charge >= 0.3 is 6.09 Å². The summed E-state index contributed by atoms with van der Waals surface area (Å²) in [7, 11) is 0. The third-order valence-electron chi connectivity index (χ3n) is 2.29. The number of carbonyl (C=O) groups excluding carboxylic acids is 1. The molecule has 0 aliphatic rings. The molecule has 2 aromatic rings. The molecule has 0 aliphatic carbocycles. The number of nitrogens with two attached hydrogens (primary N) is 1. The van der Waals surface area contributed by atoms with Crippen LogP contribution in [0.3, 0.4) is 0 Å². The Kier molecular flexibility index (Phi) is 6.27. The van der Waals surface area contributed by atoms with Crippen LogP contribution in [0.15, 0.2) is 66.7 Å². The summed E-state index contributed by atoms with van der Waals surface area (Å²) in [6.07, 6.45) is 2.10. The lowest BCUT2D eigenvalue weighted by Gasteiger charge is -1.94. The van der Waals surface area contributed by atoms with Crippen LogP contribution in [0, 0.1) is 0 Å². The fraction of sp³-hybridized carbons (Fsp3) is 0. The van der Waals surface area contributed by atoms with Crippen molar-refractivity contribution in [3.05, 3.63) is 77.9 Å². The monoisotopic (exact) mass is 269 g/mol. The molecule has 0 unspecified atom stereocenters. The van der Waals surface area contributed by atoms with Gasteiger partial charge in [0.15, 0.2) is 5.78 Å². The van der Waals surface area contributed by atoms with E-state index in [1.807, 2.05) is 66.7 Å². The first-order valence-corrected chi connectivity index (χ1v) is 5.90. The fourth-order valence-corrected chi connectivity index (χ4v) is 1.43. The minimum absolute atomic E-state index is 0.0319. The number of hydrogen-bond acceptors (Lipinski definition) is 2. The van der Waals surface area contributed by atoms with E-state index in [1.54, 1.807) is 6.08 Å². The van der Waals surface area contributed by atoms with Crippen molar-refractivity contribution < 1.29 is 14.7 Å². The maximum absolute atomic E-state index is 11.7. The Bertz CT molecular complexity index is 573. The Balaban J connectivity index is 0.000000444. The lowest BCUT2D eigenvalue weighted by atomic mass is 10.1. The van der Waals surface area contributed by atoms with E-state index in [9.17, 15) is 4.79 Å². The van der Waals surface area contributed by atoms with Crippen molar-refractivity contribution in [2.45, 2.75) is 0 Å². The Labute approximate surface area is 117 Å². The van der Waals surface area contributed by atoms with Gasteiger partial charge in [-0.05, 0) is 11.6 Å². The normalized spacial score (nSPS) is 9.60. The smallest absolute Gasteiger partial charge is 0.402 e. The lowest BCUT2D eigenvalue weighted by molar-refractivity contribution is 0.104. The molecule has 0 bridgehead atoms. The number of primary amides is 1. The summed E-state index contributed by atoms with van der Waals surface area (Å²) in [6, 6.07) is 19.1. The van der Waals surface area contributed by atoms with Gasteiger partial charge in [0.2, 0.25) is 0 Å². The van der Waals surface area contributed by atoms with Crippen LogP contribution >= 0.6 is 0 Å².